The lowest BCUT2D eigenvalue weighted by Crippen LogP contribution is -2.21. The molecule has 122 valence electrons. The summed E-state index contributed by atoms with van der Waals surface area (Å²) >= 11 is 5.67. The van der Waals surface area contributed by atoms with E-state index in [0.717, 1.165) is 0 Å². The molecule has 0 saturated heterocycles. The van der Waals surface area contributed by atoms with Gasteiger partial charge in [-0.15, -0.1) is 0 Å². The van der Waals surface area contributed by atoms with Gasteiger partial charge in [0.2, 0.25) is 0 Å². The summed E-state index contributed by atoms with van der Waals surface area (Å²) in [6, 6.07) is 11.0. The SMILES string of the molecule is O=C(COc1ccc(F)c(Cl)c1)Nc1ccccc1-n1cncn1. The van der Waals surface area contributed by atoms with Crippen molar-refractivity contribution in [3.05, 3.63) is 66.0 Å². The molecule has 1 amide bonds. The van der Waals surface area contributed by atoms with Crippen LogP contribution in [0.1, 0.15) is 0 Å². The molecule has 0 bridgehead atoms. The molecule has 24 heavy (non-hydrogen) atoms. The number of anilines is 1. The first-order valence-electron chi connectivity index (χ1n) is 6.95. The van der Waals surface area contributed by atoms with E-state index in [2.05, 4.69) is 15.4 Å². The number of nitrogens with one attached hydrogen (secondary N) is 1. The highest BCUT2D eigenvalue weighted by Gasteiger charge is 2.10. The fourth-order valence-corrected chi connectivity index (χ4v) is 2.18. The van der Waals surface area contributed by atoms with Crippen LogP contribution in [0.4, 0.5) is 10.1 Å². The van der Waals surface area contributed by atoms with E-state index < -0.39 is 5.82 Å². The van der Waals surface area contributed by atoms with Crippen molar-refractivity contribution in [2.24, 2.45) is 0 Å². The molecule has 0 radical (unpaired) electrons. The Hall–Kier alpha value is -2.93. The van der Waals surface area contributed by atoms with Crippen molar-refractivity contribution in [3.8, 4) is 11.4 Å². The van der Waals surface area contributed by atoms with E-state index in [1.54, 1.807) is 18.2 Å². The number of ether oxygens (including phenoxy) is 1. The summed E-state index contributed by atoms with van der Waals surface area (Å²) < 4.78 is 19.9. The Balaban J connectivity index is 1.66. The third kappa shape index (κ3) is 3.69. The smallest absolute Gasteiger partial charge is 0.262 e. The van der Waals surface area contributed by atoms with Crippen molar-refractivity contribution in [1.29, 1.82) is 0 Å². The minimum atomic E-state index is -0.546. The molecule has 0 atom stereocenters. The van der Waals surface area contributed by atoms with Crippen LogP contribution in [0.15, 0.2) is 55.1 Å². The average molecular weight is 347 g/mol. The predicted molar refractivity (Wildman–Crippen MR) is 86.9 cm³/mol. The van der Waals surface area contributed by atoms with E-state index >= 15 is 0 Å². The van der Waals surface area contributed by atoms with Crippen LogP contribution in [0.2, 0.25) is 5.02 Å². The van der Waals surface area contributed by atoms with E-state index in [1.807, 2.05) is 6.07 Å². The second-order valence-electron chi connectivity index (χ2n) is 4.77. The average Bonchev–Trinajstić information content (AvgIpc) is 3.11. The maximum Gasteiger partial charge on any atom is 0.262 e. The lowest BCUT2D eigenvalue weighted by atomic mass is 10.2. The van der Waals surface area contributed by atoms with Crippen molar-refractivity contribution in [2.45, 2.75) is 0 Å². The predicted octanol–water partition coefficient (Wildman–Crippen LogP) is 3.08. The van der Waals surface area contributed by atoms with Gasteiger partial charge in [-0.05, 0) is 24.3 Å². The molecule has 2 aromatic carbocycles. The summed E-state index contributed by atoms with van der Waals surface area (Å²) in [5.41, 5.74) is 1.24. The molecule has 0 unspecified atom stereocenters. The van der Waals surface area contributed by atoms with Crippen LogP contribution in [0.3, 0.4) is 0 Å². The van der Waals surface area contributed by atoms with Gasteiger partial charge in [0.05, 0.1) is 16.4 Å². The Morgan fingerprint density at radius 1 is 1.29 bits per heavy atom. The first-order valence-corrected chi connectivity index (χ1v) is 7.33. The fourth-order valence-electron chi connectivity index (χ4n) is 2.01. The number of aromatic nitrogens is 3. The lowest BCUT2D eigenvalue weighted by Gasteiger charge is -2.11. The molecule has 0 aliphatic rings. The van der Waals surface area contributed by atoms with Crippen molar-refractivity contribution < 1.29 is 13.9 Å². The fraction of sp³-hybridized carbons (Fsp3) is 0.0625. The summed E-state index contributed by atoms with van der Waals surface area (Å²) in [6.07, 6.45) is 2.93. The number of hydrogen-bond donors (Lipinski definition) is 1. The number of para-hydroxylation sites is 2. The topological polar surface area (TPSA) is 69.0 Å². The number of benzene rings is 2. The van der Waals surface area contributed by atoms with Gasteiger partial charge in [0.25, 0.3) is 5.91 Å². The second-order valence-corrected chi connectivity index (χ2v) is 5.18. The highest BCUT2D eigenvalue weighted by molar-refractivity contribution is 6.30. The molecule has 3 rings (SSSR count). The molecule has 0 saturated carbocycles. The van der Waals surface area contributed by atoms with Crippen LogP contribution in [-0.4, -0.2) is 27.3 Å². The number of carbonyl (C=O) groups excluding carboxylic acids is 1. The molecule has 1 heterocycles. The van der Waals surface area contributed by atoms with E-state index in [-0.39, 0.29) is 17.5 Å². The molecule has 3 aromatic rings. The number of rotatable bonds is 5. The summed E-state index contributed by atoms with van der Waals surface area (Å²) in [4.78, 5) is 16.0. The molecule has 0 fully saturated rings. The van der Waals surface area contributed by atoms with Crippen molar-refractivity contribution in [3.63, 3.8) is 0 Å². The summed E-state index contributed by atoms with van der Waals surface area (Å²) in [7, 11) is 0. The highest BCUT2D eigenvalue weighted by Crippen LogP contribution is 2.21. The van der Waals surface area contributed by atoms with Gasteiger partial charge in [-0.1, -0.05) is 23.7 Å². The zero-order valence-electron chi connectivity index (χ0n) is 12.3. The summed E-state index contributed by atoms with van der Waals surface area (Å²) in [5.74, 6) is -0.612. The molecule has 0 aliphatic heterocycles. The number of amides is 1. The van der Waals surface area contributed by atoms with Gasteiger partial charge in [-0.25, -0.2) is 14.1 Å². The molecular formula is C16H12ClFN4O2. The van der Waals surface area contributed by atoms with Crippen LogP contribution in [0.25, 0.3) is 5.69 Å². The van der Waals surface area contributed by atoms with E-state index in [1.165, 1.54) is 35.5 Å². The standard InChI is InChI=1S/C16H12ClFN4O2/c17-12-7-11(5-6-13(12)18)24-8-16(23)21-14-3-1-2-4-15(14)22-10-19-9-20-22/h1-7,9-10H,8H2,(H,21,23). The largest absolute Gasteiger partial charge is 0.484 e. The monoisotopic (exact) mass is 346 g/mol. The quantitative estimate of drug-likeness (QED) is 0.770. The Bertz CT molecular complexity index is 855. The van der Waals surface area contributed by atoms with Gasteiger partial charge in [0.1, 0.15) is 24.2 Å². The highest BCUT2D eigenvalue weighted by atomic mass is 35.5. The maximum absolute atomic E-state index is 13.1. The van der Waals surface area contributed by atoms with Crippen molar-refractivity contribution in [1.82, 2.24) is 14.8 Å². The van der Waals surface area contributed by atoms with Crippen molar-refractivity contribution in [2.75, 3.05) is 11.9 Å². The van der Waals surface area contributed by atoms with Gasteiger partial charge in [0, 0.05) is 6.07 Å². The Labute approximate surface area is 141 Å². The van der Waals surface area contributed by atoms with Gasteiger partial charge in [-0.2, -0.15) is 5.10 Å². The number of hydrogen-bond acceptors (Lipinski definition) is 4. The molecule has 8 heteroatoms. The third-order valence-corrected chi connectivity index (χ3v) is 3.39. The van der Waals surface area contributed by atoms with Gasteiger partial charge < -0.3 is 10.1 Å². The van der Waals surface area contributed by atoms with E-state index in [4.69, 9.17) is 16.3 Å². The third-order valence-electron chi connectivity index (χ3n) is 3.10. The Kier molecular flexibility index (Phi) is 4.72. The zero-order valence-corrected chi connectivity index (χ0v) is 13.1. The molecular weight excluding hydrogens is 335 g/mol. The van der Waals surface area contributed by atoms with E-state index in [0.29, 0.717) is 17.1 Å². The number of nitrogens with zero attached hydrogens (tertiary/aromatic N) is 3. The molecule has 1 aromatic heterocycles. The van der Waals surface area contributed by atoms with Crippen LogP contribution >= 0.6 is 11.6 Å². The lowest BCUT2D eigenvalue weighted by molar-refractivity contribution is -0.118. The van der Waals surface area contributed by atoms with Crippen molar-refractivity contribution >= 4 is 23.2 Å². The summed E-state index contributed by atoms with van der Waals surface area (Å²) in [5, 5.41) is 6.71. The first kappa shape index (κ1) is 15.9. The van der Waals surface area contributed by atoms with Crippen LogP contribution < -0.4 is 10.1 Å². The van der Waals surface area contributed by atoms with Crippen LogP contribution in [0.5, 0.6) is 5.75 Å². The normalized spacial score (nSPS) is 10.4. The van der Waals surface area contributed by atoms with Gasteiger partial charge in [0.15, 0.2) is 6.61 Å². The Morgan fingerprint density at radius 2 is 2.12 bits per heavy atom. The molecule has 0 spiro atoms. The minimum absolute atomic E-state index is 0.0653. The first-order chi connectivity index (χ1) is 11.6. The van der Waals surface area contributed by atoms with Gasteiger partial charge in [-0.3, -0.25) is 4.79 Å². The van der Waals surface area contributed by atoms with Crippen LogP contribution in [-0.2, 0) is 4.79 Å². The second kappa shape index (κ2) is 7.10. The number of carbonyl (C=O) groups is 1. The van der Waals surface area contributed by atoms with E-state index in [9.17, 15) is 9.18 Å². The summed E-state index contributed by atoms with van der Waals surface area (Å²) in [6.45, 7) is -0.242. The molecule has 0 aliphatic carbocycles. The maximum atomic E-state index is 13.1. The van der Waals surface area contributed by atoms with Crippen LogP contribution in [0, 0.1) is 5.82 Å². The molecule has 1 N–H and O–H groups in total. The Morgan fingerprint density at radius 3 is 2.88 bits per heavy atom. The molecule has 6 nitrogen and oxygen atoms in total. The number of halogens is 2. The zero-order chi connectivity index (χ0) is 16.9. The van der Waals surface area contributed by atoms with Gasteiger partial charge >= 0.3 is 0 Å². The minimum Gasteiger partial charge on any atom is -0.484 e.